The average molecular weight is 450 g/mol. The van der Waals surface area contributed by atoms with Gasteiger partial charge in [-0.25, -0.2) is 4.79 Å². The van der Waals surface area contributed by atoms with Gasteiger partial charge in [0.25, 0.3) is 0 Å². The monoisotopic (exact) mass is 449 g/mol. The number of nitrogens with zero attached hydrogens (tertiary/aromatic N) is 4. The zero-order chi connectivity index (χ0) is 20.9. The minimum atomic E-state index is -4.55. The fourth-order valence-electron chi connectivity index (χ4n) is 2.81. The van der Waals surface area contributed by atoms with Crippen molar-refractivity contribution in [1.29, 1.82) is 0 Å². The quantitative estimate of drug-likeness (QED) is 0.510. The number of alkyl carbamates (subject to hydrolysis) is 1. The molecule has 1 aromatic carbocycles. The van der Waals surface area contributed by atoms with E-state index >= 15 is 0 Å². The lowest BCUT2D eigenvalue weighted by Gasteiger charge is -2.18. The number of anilines is 1. The second-order valence-corrected chi connectivity index (χ2v) is 7.76. The highest BCUT2D eigenvalue weighted by atomic mass is 35.5. The van der Waals surface area contributed by atoms with Crippen molar-refractivity contribution in [2.75, 3.05) is 36.9 Å². The number of aromatic nitrogens is 3. The number of hydrogen-bond donors (Lipinski definition) is 1. The summed E-state index contributed by atoms with van der Waals surface area (Å²) in [5.74, 6) is 1.09. The Morgan fingerprint density at radius 1 is 1.28 bits per heavy atom. The van der Waals surface area contributed by atoms with E-state index in [1.807, 2.05) is 16.7 Å². The van der Waals surface area contributed by atoms with Crippen LogP contribution in [0, 0.1) is 0 Å². The number of nitrogens with one attached hydrogen (secondary N) is 1. The first-order valence-electron chi connectivity index (χ1n) is 8.90. The summed E-state index contributed by atoms with van der Waals surface area (Å²) in [5.41, 5.74) is 0.810. The van der Waals surface area contributed by atoms with Crippen LogP contribution in [0.5, 0.6) is 0 Å². The molecule has 0 saturated carbocycles. The lowest BCUT2D eigenvalue weighted by atomic mass is 10.3. The predicted octanol–water partition coefficient (Wildman–Crippen LogP) is 3.90. The number of ether oxygens (including phenoxy) is 1. The Morgan fingerprint density at radius 2 is 2.03 bits per heavy atom. The summed E-state index contributed by atoms with van der Waals surface area (Å²) in [6, 6.07) is 7.30. The van der Waals surface area contributed by atoms with Crippen molar-refractivity contribution in [3.05, 3.63) is 29.3 Å². The van der Waals surface area contributed by atoms with Crippen molar-refractivity contribution in [3.63, 3.8) is 0 Å². The van der Waals surface area contributed by atoms with Crippen LogP contribution in [-0.2, 0) is 4.74 Å². The van der Waals surface area contributed by atoms with Crippen LogP contribution in [0.25, 0.3) is 5.69 Å². The van der Waals surface area contributed by atoms with Gasteiger partial charge in [0.05, 0.1) is 5.69 Å². The average Bonchev–Trinajstić information content (AvgIpc) is 3.32. The lowest BCUT2D eigenvalue weighted by Crippen LogP contribution is -2.30. The molecule has 0 aliphatic carbocycles. The second-order valence-electron chi connectivity index (χ2n) is 6.26. The zero-order valence-corrected chi connectivity index (χ0v) is 16.9. The van der Waals surface area contributed by atoms with E-state index in [0.29, 0.717) is 21.9 Å². The van der Waals surface area contributed by atoms with E-state index in [1.165, 1.54) is 11.8 Å². The first-order chi connectivity index (χ1) is 13.8. The van der Waals surface area contributed by atoms with E-state index in [9.17, 15) is 18.0 Å². The first kappa shape index (κ1) is 21.6. The number of halogens is 4. The normalized spacial score (nSPS) is 14.3. The molecule has 1 saturated heterocycles. The molecule has 2 heterocycles. The molecular formula is C17H19ClF3N5O2S. The Kier molecular flexibility index (Phi) is 7.12. The molecule has 1 fully saturated rings. The Bertz CT molecular complexity index is 843. The Morgan fingerprint density at radius 3 is 2.72 bits per heavy atom. The number of benzene rings is 1. The minimum absolute atomic E-state index is 0.114. The number of alkyl halides is 3. The Hall–Kier alpha value is -2.14. The molecule has 3 rings (SSSR count). The van der Waals surface area contributed by atoms with Gasteiger partial charge in [-0.05, 0) is 31.0 Å². The number of carbonyl (C=O) groups excluding carboxylic acids is 1. The molecule has 12 heteroatoms. The molecule has 0 atom stereocenters. The molecule has 0 unspecified atom stereocenters. The van der Waals surface area contributed by atoms with E-state index in [-0.39, 0.29) is 6.54 Å². The van der Waals surface area contributed by atoms with Gasteiger partial charge >= 0.3 is 12.3 Å². The van der Waals surface area contributed by atoms with Gasteiger partial charge in [-0.15, -0.1) is 10.2 Å². The van der Waals surface area contributed by atoms with Gasteiger partial charge in [0, 0.05) is 30.4 Å². The Balaban J connectivity index is 1.64. The fourth-order valence-corrected chi connectivity index (χ4v) is 3.80. The Labute approximate surface area is 174 Å². The smallest absolute Gasteiger partial charge is 0.422 e. The summed E-state index contributed by atoms with van der Waals surface area (Å²) in [5, 5.41) is 12.0. The van der Waals surface area contributed by atoms with Gasteiger partial charge in [0.1, 0.15) is 0 Å². The molecule has 0 spiro atoms. The molecule has 158 valence electrons. The van der Waals surface area contributed by atoms with Crippen LogP contribution >= 0.6 is 23.4 Å². The molecule has 0 bridgehead atoms. The largest absolute Gasteiger partial charge is 0.440 e. The second kappa shape index (κ2) is 9.57. The van der Waals surface area contributed by atoms with Crippen LogP contribution < -0.4 is 10.2 Å². The van der Waals surface area contributed by atoms with Gasteiger partial charge in [-0.2, -0.15) is 13.2 Å². The van der Waals surface area contributed by atoms with Crippen molar-refractivity contribution in [1.82, 2.24) is 20.1 Å². The van der Waals surface area contributed by atoms with E-state index in [2.05, 4.69) is 25.2 Å². The molecule has 1 N–H and O–H groups in total. The van der Waals surface area contributed by atoms with Crippen molar-refractivity contribution in [2.24, 2.45) is 0 Å². The summed E-state index contributed by atoms with van der Waals surface area (Å²) in [6.07, 6.45) is -3.51. The minimum Gasteiger partial charge on any atom is -0.440 e. The summed E-state index contributed by atoms with van der Waals surface area (Å²) in [4.78, 5) is 13.5. The maximum atomic E-state index is 12.0. The SMILES string of the molecule is O=C(NCCSc1nnc(N2CCCC2)n1-c1cccc(Cl)c1)OCC(F)(F)F. The van der Waals surface area contributed by atoms with Gasteiger partial charge in [0.15, 0.2) is 11.8 Å². The van der Waals surface area contributed by atoms with E-state index < -0.39 is 18.9 Å². The zero-order valence-electron chi connectivity index (χ0n) is 15.3. The van der Waals surface area contributed by atoms with Crippen LogP contribution in [0.15, 0.2) is 29.4 Å². The third-order valence-electron chi connectivity index (χ3n) is 4.04. The van der Waals surface area contributed by atoms with Crippen LogP contribution in [0.3, 0.4) is 0 Å². The number of thioether (sulfide) groups is 1. The number of hydrogen-bond acceptors (Lipinski definition) is 6. The molecule has 1 aliphatic rings. The maximum absolute atomic E-state index is 12.0. The third kappa shape index (κ3) is 6.17. The van der Waals surface area contributed by atoms with E-state index in [1.54, 1.807) is 12.1 Å². The van der Waals surface area contributed by atoms with E-state index in [0.717, 1.165) is 31.6 Å². The van der Waals surface area contributed by atoms with E-state index in [4.69, 9.17) is 11.6 Å². The highest BCUT2D eigenvalue weighted by molar-refractivity contribution is 7.99. The van der Waals surface area contributed by atoms with Crippen LogP contribution in [0.1, 0.15) is 12.8 Å². The summed E-state index contributed by atoms with van der Waals surface area (Å²) >= 11 is 7.45. The number of amides is 1. The van der Waals surface area contributed by atoms with Crippen LogP contribution in [0.2, 0.25) is 5.02 Å². The standard InChI is InChI=1S/C17H19ClF3N5O2S/c18-12-4-3-5-13(10-12)26-14(25-7-1-2-8-25)23-24-15(26)29-9-6-22-16(27)28-11-17(19,20)21/h3-5,10H,1-2,6-9,11H2,(H,22,27). The van der Waals surface area contributed by atoms with Gasteiger partial charge in [-0.3, -0.25) is 4.57 Å². The topological polar surface area (TPSA) is 72.3 Å². The van der Waals surface area contributed by atoms with Crippen molar-refractivity contribution < 1.29 is 22.7 Å². The first-order valence-corrected chi connectivity index (χ1v) is 10.3. The molecule has 1 aliphatic heterocycles. The molecule has 2 aromatic rings. The molecule has 0 radical (unpaired) electrons. The molecule has 1 aromatic heterocycles. The molecule has 7 nitrogen and oxygen atoms in total. The summed E-state index contributed by atoms with van der Waals surface area (Å²) < 4.78 is 42.1. The highest BCUT2D eigenvalue weighted by Crippen LogP contribution is 2.29. The van der Waals surface area contributed by atoms with Crippen molar-refractivity contribution in [2.45, 2.75) is 24.2 Å². The molecule has 1 amide bonds. The highest BCUT2D eigenvalue weighted by Gasteiger charge is 2.29. The summed E-state index contributed by atoms with van der Waals surface area (Å²) in [6.45, 7) is 0.267. The van der Waals surface area contributed by atoms with Crippen LogP contribution in [-0.4, -0.2) is 59.0 Å². The van der Waals surface area contributed by atoms with Gasteiger partial charge in [0.2, 0.25) is 5.95 Å². The molecule has 29 heavy (non-hydrogen) atoms. The number of carbonyl (C=O) groups is 1. The fraction of sp³-hybridized carbons (Fsp3) is 0.471. The maximum Gasteiger partial charge on any atom is 0.422 e. The van der Waals surface area contributed by atoms with Crippen molar-refractivity contribution >= 4 is 35.4 Å². The van der Waals surface area contributed by atoms with Crippen molar-refractivity contribution in [3.8, 4) is 5.69 Å². The van der Waals surface area contributed by atoms with Gasteiger partial charge < -0.3 is 15.0 Å². The van der Waals surface area contributed by atoms with Gasteiger partial charge in [-0.1, -0.05) is 29.4 Å². The molecular weight excluding hydrogens is 431 g/mol. The summed E-state index contributed by atoms with van der Waals surface area (Å²) in [7, 11) is 0. The third-order valence-corrected chi connectivity index (χ3v) is 5.21. The number of rotatable bonds is 7. The lowest BCUT2D eigenvalue weighted by molar-refractivity contribution is -0.160. The predicted molar refractivity (Wildman–Crippen MR) is 104 cm³/mol. The van der Waals surface area contributed by atoms with Crippen LogP contribution in [0.4, 0.5) is 23.9 Å².